The third kappa shape index (κ3) is 2.58. The Morgan fingerprint density at radius 3 is 2.61 bits per heavy atom. The Bertz CT molecular complexity index is 1420. The van der Waals surface area contributed by atoms with Crippen LogP contribution in [0.5, 0.6) is 0 Å². The number of benzene rings is 2. The van der Waals surface area contributed by atoms with Crippen molar-refractivity contribution in [2.75, 3.05) is 0 Å². The first-order chi connectivity index (χ1) is 13.6. The zero-order chi connectivity index (χ0) is 19.3. The molecule has 0 aliphatic rings. The average Bonchev–Trinajstić information content (AvgIpc) is 3.13. The Labute approximate surface area is 164 Å². The van der Waals surface area contributed by atoms with E-state index >= 15 is 0 Å². The maximum atomic E-state index is 12.6. The quantitative estimate of drug-likeness (QED) is 0.441. The van der Waals surface area contributed by atoms with E-state index < -0.39 is 0 Å². The van der Waals surface area contributed by atoms with Crippen molar-refractivity contribution in [3.05, 3.63) is 76.3 Å². The van der Waals surface area contributed by atoms with Gasteiger partial charge in [0.2, 0.25) is 0 Å². The van der Waals surface area contributed by atoms with Gasteiger partial charge in [0.05, 0.1) is 22.2 Å². The van der Waals surface area contributed by atoms with Gasteiger partial charge in [0.15, 0.2) is 10.8 Å². The number of hydrogen-bond donors (Lipinski definition) is 0. The van der Waals surface area contributed by atoms with Gasteiger partial charge >= 0.3 is 0 Å². The summed E-state index contributed by atoms with van der Waals surface area (Å²) in [5, 5.41) is 11.3. The largest absolute Gasteiger partial charge is 0.299 e. The van der Waals surface area contributed by atoms with Gasteiger partial charge < -0.3 is 0 Å². The molecule has 5 rings (SSSR count). The van der Waals surface area contributed by atoms with Crippen LogP contribution in [0.15, 0.2) is 64.5 Å². The Morgan fingerprint density at radius 1 is 1.00 bits per heavy atom. The van der Waals surface area contributed by atoms with E-state index in [0.717, 1.165) is 16.3 Å². The molecule has 3 aromatic heterocycles. The first kappa shape index (κ1) is 16.9. The molecule has 2 aromatic carbocycles. The maximum Gasteiger partial charge on any atom is 0.261 e. The van der Waals surface area contributed by atoms with Crippen LogP contribution in [0.2, 0.25) is 0 Å². The lowest BCUT2D eigenvalue weighted by atomic mass is 10.1. The molecule has 0 N–H and O–H groups in total. The van der Waals surface area contributed by atoms with Crippen molar-refractivity contribution in [3.8, 4) is 0 Å². The van der Waals surface area contributed by atoms with E-state index in [0.29, 0.717) is 22.5 Å². The molecule has 0 aliphatic carbocycles. The van der Waals surface area contributed by atoms with Crippen molar-refractivity contribution in [1.82, 2.24) is 24.1 Å². The summed E-state index contributed by atoms with van der Waals surface area (Å²) in [6, 6.07) is 17.7. The second kappa shape index (κ2) is 6.45. The summed E-state index contributed by atoms with van der Waals surface area (Å²) in [5.41, 5.74) is 3.75. The third-order valence-electron chi connectivity index (χ3n) is 4.98. The van der Waals surface area contributed by atoms with Crippen LogP contribution < -0.4 is 5.56 Å². The number of para-hydroxylation sites is 2. The summed E-state index contributed by atoms with van der Waals surface area (Å²) >= 11 is 1.53. The highest BCUT2D eigenvalue weighted by Crippen LogP contribution is 2.27. The van der Waals surface area contributed by atoms with Gasteiger partial charge in [-0.25, -0.2) is 4.98 Å². The van der Waals surface area contributed by atoms with E-state index in [1.165, 1.54) is 22.7 Å². The normalized spacial score (nSPS) is 11.6. The van der Waals surface area contributed by atoms with Crippen LogP contribution in [-0.4, -0.2) is 24.1 Å². The highest BCUT2D eigenvalue weighted by molar-refractivity contribution is 7.98. The van der Waals surface area contributed by atoms with Gasteiger partial charge in [-0.3, -0.25) is 13.8 Å². The van der Waals surface area contributed by atoms with Crippen molar-refractivity contribution >= 4 is 39.2 Å². The Morgan fingerprint density at radius 2 is 1.75 bits per heavy atom. The van der Waals surface area contributed by atoms with Crippen LogP contribution in [0, 0.1) is 6.92 Å². The van der Waals surface area contributed by atoms with Gasteiger partial charge in [0.25, 0.3) is 5.56 Å². The summed E-state index contributed by atoms with van der Waals surface area (Å²) in [4.78, 5) is 17.3. The molecule has 0 bridgehead atoms. The van der Waals surface area contributed by atoms with Gasteiger partial charge in [-0.05, 0) is 36.8 Å². The van der Waals surface area contributed by atoms with Gasteiger partial charge in [-0.15, -0.1) is 10.2 Å². The number of nitrogens with zero attached hydrogens (tertiary/aromatic N) is 5. The Balaban J connectivity index is 1.59. The molecular weight excluding hydrogens is 370 g/mol. The monoisotopic (exact) mass is 387 g/mol. The van der Waals surface area contributed by atoms with Crippen molar-refractivity contribution in [2.45, 2.75) is 17.8 Å². The van der Waals surface area contributed by atoms with Crippen LogP contribution in [0.1, 0.15) is 11.4 Å². The molecule has 0 saturated carbocycles. The van der Waals surface area contributed by atoms with Crippen molar-refractivity contribution < 1.29 is 0 Å². The van der Waals surface area contributed by atoms with Gasteiger partial charge in [0, 0.05) is 12.4 Å². The van der Waals surface area contributed by atoms with E-state index in [1.54, 1.807) is 11.6 Å². The predicted molar refractivity (Wildman–Crippen MR) is 112 cm³/mol. The first-order valence-electron chi connectivity index (χ1n) is 8.94. The second-order valence-corrected chi connectivity index (χ2v) is 7.66. The molecule has 0 unspecified atom stereocenters. The number of rotatable bonds is 3. The number of aryl methyl sites for hydroxylation is 1. The molecule has 0 saturated heterocycles. The molecule has 28 heavy (non-hydrogen) atoms. The third-order valence-corrected chi connectivity index (χ3v) is 5.90. The predicted octanol–water partition coefficient (Wildman–Crippen LogP) is 3.73. The van der Waals surface area contributed by atoms with E-state index in [1.807, 2.05) is 42.5 Å². The van der Waals surface area contributed by atoms with Crippen molar-refractivity contribution in [2.24, 2.45) is 7.05 Å². The van der Waals surface area contributed by atoms with Crippen LogP contribution in [0.4, 0.5) is 0 Å². The summed E-state index contributed by atoms with van der Waals surface area (Å²) < 4.78 is 3.67. The SMILES string of the molecule is Cc1cc2nnc(SCc3nc4ccccc4c(=O)n3C)n2c2ccccc12. The lowest BCUT2D eigenvalue weighted by Crippen LogP contribution is -2.21. The molecule has 138 valence electrons. The molecular formula is C21H17N5OS. The molecule has 0 aliphatic heterocycles. The summed E-state index contributed by atoms with van der Waals surface area (Å²) in [6.45, 7) is 2.08. The zero-order valence-corrected chi connectivity index (χ0v) is 16.3. The smallest absolute Gasteiger partial charge is 0.261 e. The van der Waals surface area contributed by atoms with E-state index in [-0.39, 0.29) is 5.56 Å². The Hall–Kier alpha value is -3.19. The summed E-state index contributed by atoms with van der Waals surface area (Å²) in [7, 11) is 1.76. The lowest BCUT2D eigenvalue weighted by Gasteiger charge is -2.09. The minimum Gasteiger partial charge on any atom is -0.299 e. The maximum absolute atomic E-state index is 12.6. The fourth-order valence-electron chi connectivity index (χ4n) is 3.49. The number of fused-ring (bicyclic) bond motifs is 4. The number of aromatic nitrogens is 5. The van der Waals surface area contributed by atoms with Crippen LogP contribution in [-0.2, 0) is 12.8 Å². The summed E-state index contributed by atoms with van der Waals surface area (Å²) in [6.07, 6.45) is 0. The first-order valence-corrected chi connectivity index (χ1v) is 9.93. The molecule has 0 spiro atoms. The molecule has 0 amide bonds. The van der Waals surface area contributed by atoms with Crippen LogP contribution in [0.25, 0.3) is 27.5 Å². The molecule has 0 fully saturated rings. The molecule has 6 nitrogen and oxygen atoms in total. The number of thioether (sulfide) groups is 1. The standard InChI is InChI=1S/C21H17N5OS/c1-13-11-18-23-24-21(26(18)17-10-6-4-7-14(13)17)28-12-19-22-16-9-5-3-8-15(16)20(27)25(19)2/h3-11H,12H2,1-2H3. The van der Waals surface area contributed by atoms with Gasteiger partial charge in [-0.1, -0.05) is 42.1 Å². The number of pyridine rings is 1. The highest BCUT2D eigenvalue weighted by atomic mass is 32.2. The zero-order valence-electron chi connectivity index (χ0n) is 15.5. The second-order valence-electron chi connectivity index (χ2n) is 6.72. The molecule has 0 radical (unpaired) electrons. The number of hydrogen-bond acceptors (Lipinski definition) is 5. The van der Waals surface area contributed by atoms with Gasteiger partial charge in [0.1, 0.15) is 5.82 Å². The van der Waals surface area contributed by atoms with Crippen molar-refractivity contribution in [1.29, 1.82) is 0 Å². The summed E-state index contributed by atoms with van der Waals surface area (Å²) in [5.74, 6) is 1.24. The lowest BCUT2D eigenvalue weighted by molar-refractivity contribution is 0.783. The Kier molecular flexibility index (Phi) is 3.91. The highest BCUT2D eigenvalue weighted by Gasteiger charge is 2.14. The van der Waals surface area contributed by atoms with Gasteiger partial charge in [-0.2, -0.15) is 0 Å². The van der Waals surface area contributed by atoms with E-state index in [9.17, 15) is 4.79 Å². The van der Waals surface area contributed by atoms with Crippen LogP contribution in [0.3, 0.4) is 0 Å². The molecule has 5 aromatic rings. The van der Waals surface area contributed by atoms with Crippen molar-refractivity contribution in [3.63, 3.8) is 0 Å². The fraction of sp³-hybridized carbons (Fsp3) is 0.143. The van der Waals surface area contributed by atoms with E-state index in [2.05, 4.69) is 38.6 Å². The minimum atomic E-state index is -0.0339. The molecule has 7 heteroatoms. The van der Waals surface area contributed by atoms with E-state index in [4.69, 9.17) is 0 Å². The fourth-order valence-corrected chi connectivity index (χ4v) is 4.43. The topological polar surface area (TPSA) is 65.1 Å². The minimum absolute atomic E-state index is 0.0339. The van der Waals surface area contributed by atoms with Crippen LogP contribution >= 0.6 is 11.8 Å². The average molecular weight is 387 g/mol. The molecule has 0 atom stereocenters. The molecule has 3 heterocycles.